The Morgan fingerprint density at radius 2 is 2.11 bits per heavy atom. The van der Waals surface area contributed by atoms with Gasteiger partial charge in [0.25, 0.3) is 0 Å². The molecule has 94 valence electrons. The zero-order chi connectivity index (χ0) is 13.3. The molecule has 18 heavy (non-hydrogen) atoms. The van der Waals surface area contributed by atoms with Crippen molar-refractivity contribution in [3.63, 3.8) is 0 Å². The number of carbonyl (C=O) groups is 1. The molecule has 0 amide bonds. The van der Waals surface area contributed by atoms with Crippen LogP contribution in [0.15, 0.2) is 35.5 Å². The lowest BCUT2D eigenvalue weighted by molar-refractivity contribution is -0.133. The summed E-state index contributed by atoms with van der Waals surface area (Å²) in [5.74, 6) is -1.00. The van der Waals surface area contributed by atoms with E-state index in [0.717, 1.165) is 0 Å². The minimum Gasteiger partial charge on any atom is -0.478 e. The minimum atomic E-state index is -1.00. The van der Waals surface area contributed by atoms with Crippen molar-refractivity contribution >= 4 is 34.9 Å². The summed E-state index contributed by atoms with van der Waals surface area (Å²) in [4.78, 5) is 11.3. The second kappa shape index (κ2) is 4.96. The first-order valence-electron chi connectivity index (χ1n) is 5.26. The lowest BCUT2D eigenvalue weighted by Crippen LogP contribution is -2.44. The number of aliphatic carboxylic acids is 1. The predicted molar refractivity (Wildman–Crippen MR) is 73.4 cm³/mol. The van der Waals surface area contributed by atoms with Gasteiger partial charge in [0.05, 0.1) is 11.6 Å². The highest BCUT2D eigenvalue weighted by atomic mass is 35.5. The molecule has 1 heterocycles. The molecular formula is C12H11ClN2O2S. The number of hydrogen-bond donors (Lipinski definition) is 3. The SMILES string of the molecule is CC1=C(C(=O)O)C(c2ccccc2Cl)NC(=S)N1. The maximum atomic E-state index is 11.3. The van der Waals surface area contributed by atoms with Crippen LogP contribution in [0.5, 0.6) is 0 Å². The van der Waals surface area contributed by atoms with Crippen LogP contribution in [0.25, 0.3) is 0 Å². The van der Waals surface area contributed by atoms with Crippen molar-refractivity contribution in [3.8, 4) is 0 Å². The van der Waals surface area contributed by atoms with E-state index in [1.54, 1.807) is 25.1 Å². The van der Waals surface area contributed by atoms with Crippen LogP contribution in [0.4, 0.5) is 0 Å². The topological polar surface area (TPSA) is 61.4 Å². The monoisotopic (exact) mass is 282 g/mol. The molecule has 1 atom stereocenters. The van der Waals surface area contributed by atoms with Gasteiger partial charge >= 0.3 is 5.97 Å². The van der Waals surface area contributed by atoms with E-state index in [-0.39, 0.29) is 5.57 Å². The summed E-state index contributed by atoms with van der Waals surface area (Å²) < 4.78 is 0. The van der Waals surface area contributed by atoms with Crippen LogP contribution >= 0.6 is 23.8 Å². The van der Waals surface area contributed by atoms with Gasteiger partial charge < -0.3 is 15.7 Å². The first kappa shape index (κ1) is 12.9. The van der Waals surface area contributed by atoms with E-state index in [2.05, 4.69) is 10.6 Å². The molecule has 3 N–H and O–H groups in total. The van der Waals surface area contributed by atoms with Crippen LogP contribution in [-0.2, 0) is 4.79 Å². The zero-order valence-corrected chi connectivity index (χ0v) is 11.1. The first-order chi connectivity index (χ1) is 8.50. The number of benzene rings is 1. The molecule has 0 radical (unpaired) electrons. The quantitative estimate of drug-likeness (QED) is 0.726. The van der Waals surface area contributed by atoms with Crippen molar-refractivity contribution in [2.45, 2.75) is 13.0 Å². The van der Waals surface area contributed by atoms with E-state index >= 15 is 0 Å². The van der Waals surface area contributed by atoms with Gasteiger partial charge in [-0.2, -0.15) is 0 Å². The van der Waals surface area contributed by atoms with Gasteiger partial charge in [-0.15, -0.1) is 0 Å². The molecule has 6 heteroatoms. The van der Waals surface area contributed by atoms with E-state index in [4.69, 9.17) is 23.8 Å². The van der Waals surface area contributed by atoms with Gasteiger partial charge in [0, 0.05) is 10.7 Å². The highest BCUT2D eigenvalue weighted by molar-refractivity contribution is 7.80. The molecule has 0 fully saturated rings. The van der Waals surface area contributed by atoms with Gasteiger partial charge in [-0.25, -0.2) is 4.79 Å². The molecule has 1 aliphatic rings. The summed E-state index contributed by atoms with van der Waals surface area (Å²) in [6.07, 6.45) is 0. The van der Waals surface area contributed by atoms with Crippen molar-refractivity contribution in [1.82, 2.24) is 10.6 Å². The molecule has 0 spiro atoms. The van der Waals surface area contributed by atoms with Gasteiger partial charge in [-0.05, 0) is 30.8 Å². The third-order valence-corrected chi connectivity index (χ3v) is 3.28. The van der Waals surface area contributed by atoms with E-state index in [1.165, 1.54) is 0 Å². The van der Waals surface area contributed by atoms with Crippen molar-refractivity contribution in [1.29, 1.82) is 0 Å². The second-order valence-electron chi connectivity index (χ2n) is 3.90. The van der Waals surface area contributed by atoms with E-state index in [0.29, 0.717) is 21.4 Å². The van der Waals surface area contributed by atoms with Gasteiger partial charge in [0.1, 0.15) is 0 Å². The summed E-state index contributed by atoms with van der Waals surface area (Å²) in [5, 5.41) is 15.9. The second-order valence-corrected chi connectivity index (χ2v) is 4.71. The molecule has 1 aromatic carbocycles. The van der Waals surface area contributed by atoms with Crippen molar-refractivity contribution in [3.05, 3.63) is 46.1 Å². The molecule has 4 nitrogen and oxygen atoms in total. The predicted octanol–water partition coefficient (Wildman–Crippen LogP) is 2.22. The number of hydrogen-bond acceptors (Lipinski definition) is 2. The van der Waals surface area contributed by atoms with Gasteiger partial charge in [-0.1, -0.05) is 29.8 Å². The van der Waals surface area contributed by atoms with Gasteiger partial charge in [0.2, 0.25) is 0 Å². The number of halogens is 1. The van der Waals surface area contributed by atoms with Crippen molar-refractivity contribution in [2.24, 2.45) is 0 Å². The molecule has 0 saturated carbocycles. The van der Waals surface area contributed by atoms with Crippen LogP contribution in [0, 0.1) is 0 Å². The van der Waals surface area contributed by atoms with E-state index in [9.17, 15) is 9.90 Å². The Kier molecular flexibility index (Phi) is 3.54. The minimum absolute atomic E-state index is 0.219. The Balaban J connectivity index is 2.54. The zero-order valence-electron chi connectivity index (χ0n) is 9.53. The number of carboxylic acids is 1. The molecule has 1 unspecified atom stereocenters. The normalized spacial score (nSPS) is 19.2. The fraction of sp³-hybridized carbons (Fsp3) is 0.167. The molecule has 0 aliphatic carbocycles. The smallest absolute Gasteiger partial charge is 0.335 e. The Morgan fingerprint density at radius 1 is 1.44 bits per heavy atom. The largest absolute Gasteiger partial charge is 0.478 e. The van der Waals surface area contributed by atoms with Crippen molar-refractivity contribution < 1.29 is 9.90 Å². The van der Waals surface area contributed by atoms with Crippen LogP contribution in [0.3, 0.4) is 0 Å². The van der Waals surface area contributed by atoms with Gasteiger partial charge in [0.15, 0.2) is 5.11 Å². The third-order valence-electron chi connectivity index (χ3n) is 2.72. The molecule has 1 aromatic rings. The van der Waals surface area contributed by atoms with E-state index < -0.39 is 12.0 Å². The van der Waals surface area contributed by atoms with Crippen molar-refractivity contribution in [2.75, 3.05) is 0 Å². The Morgan fingerprint density at radius 3 is 2.72 bits per heavy atom. The standard InChI is InChI=1S/C12H11ClN2O2S/c1-6-9(11(16)17)10(15-12(18)14-6)7-4-2-3-5-8(7)13/h2-5,10H,1H3,(H,16,17)(H2,14,15,18). The summed E-state index contributed by atoms with van der Waals surface area (Å²) in [6, 6.07) is 6.57. The maximum absolute atomic E-state index is 11.3. The lowest BCUT2D eigenvalue weighted by atomic mass is 9.96. The third kappa shape index (κ3) is 2.32. The molecule has 0 bridgehead atoms. The summed E-state index contributed by atoms with van der Waals surface area (Å²) >= 11 is 11.2. The summed E-state index contributed by atoms with van der Waals surface area (Å²) in [7, 11) is 0. The highest BCUT2D eigenvalue weighted by Crippen LogP contribution is 2.31. The summed E-state index contributed by atoms with van der Waals surface area (Å²) in [6.45, 7) is 1.68. The highest BCUT2D eigenvalue weighted by Gasteiger charge is 2.30. The lowest BCUT2D eigenvalue weighted by Gasteiger charge is -2.29. The van der Waals surface area contributed by atoms with Crippen LogP contribution in [-0.4, -0.2) is 16.2 Å². The molecule has 0 aromatic heterocycles. The molecular weight excluding hydrogens is 272 g/mol. The average Bonchev–Trinajstić information content (AvgIpc) is 2.27. The molecule has 2 rings (SSSR count). The first-order valence-corrected chi connectivity index (χ1v) is 6.05. The number of carboxylic acid groups (broad SMARTS) is 1. The molecule has 1 aliphatic heterocycles. The van der Waals surface area contributed by atoms with Crippen LogP contribution in [0.2, 0.25) is 5.02 Å². The number of thiocarbonyl (C=S) groups is 1. The number of rotatable bonds is 2. The van der Waals surface area contributed by atoms with Crippen LogP contribution < -0.4 is 10.6 Å². The number of allylic oxidation sites excluding steroid dienone is 1. The fourth-order valence-corrected chi connectivity index (χ4v) is 2.44. The average molecular weight is 283 g/mol. The Hall–Kier alpha value is -1.59. The Bertz CT molecular complexity index is 557. The maximum Gasteiger partial charge on any atom is 0.335 e. The molecule has 0 saturated heterocycles. The summed E-state index contributed by atoms with van der Waals surface area (Å²) in [5.41, 5.74) is 1.44. The fourth-order valence-electron chi connectivity index (χ4n) is 1.92. The van der Waals surface area contributed by atoms with Gasteiger partial charge in [-0.3, -0.25) is 0 Å². The van der Waals surface area contributed by atoms with Crippen LogP contribution in [0.1, 0.15) is 18.5 Å². The number of nitrogens with one attached hydrogen (secondary N) is 2. The van der Waals surface area contributed by atoms with E-state index in [1.807, 2.05) is 6.07 Å². The Labute approximate surface area is 115 Å².